The summed E-state index contributed by atoms with van der Waals surface area (Å²) in [6.07, 6.45) is 0. The van der Waals surface area contributed by atoms with E-state index in [1.54, 1.807) is 12.1 Å². The van der Waals surface area contributed by atoms with Crippen molar-refractivity contribution in [3.8, 4) is 5.75 Å². The fraction of sp³-hybridized carbons (Fsp3) is 0.286. The molecule has 7 nitrogen and oxygen atoms in total. The van der Waals surface area contributed by atoms with E-state index in [2.05, 4.69) is 0 Å². The number of Topliss-reactive ketones (excluding diaryl/α,β-unsaturated/α-hetero) is 1. The monoisotopic (exact) mass is 290 g/mol. The van der Waals surface area contributed by atoms with Crippen molar-refractivity contribution in [2.24, 2.45) is 5.92 Å². The first-order valence-corrected chi connectivity index (χ1v) is 6.37. The van der Waals surface area contributed by atoms with Crippen LogP contribution in [0, 0.1) is 5.92 Å². The molecule has 1 N–H and O–H groups in total. The fourth-order valence-corrected chi connectivity index (χ4v) is 2.04. The molecule has 21 heavy (non-hydrogen) atoms. The first kappa shape index (κ1) is 14.7. The van der Waals surface area contributed by atoms with Gasteiger partial charge in [0.15, 0.2) is 11.7 Å². The molecule has 1 aromatic carbocycles. The normalized spacial score (nSPS) is 18.5. The maximum atomic E-state index is 12.2. The summed E-state index contributed by atoms with van der Waals surface area (Å²) in [6.45, 7) is 3.45. The number of benzene rings is 1. The highest BCUT2D eigenvalue weighted by Crippen LogP contribution is 2.23. The van der Waals surface area contributed by atoms with Crippen molar-refractivity contribution in [2.75, 3.05) is 11.5 Å². The largest absolute Gasteiger partial charge is 0.494 e. The zero-order valence-electron chi connectivity index (χ0n) is 11.6. The van der Waals surface area contributed by atoms with Crippen molar-refractivity contribution in [3.05, 3.63) is 24.3 Å². The Morgan fingerprint density at radius 2 is 1.86 bits per heavy atom. The molecule has 4 amide bonds. The van der Waals surface area contributed by atoms with Crippen molar-refractivity contribution < 1.29 is 23.9 Å². The van der Waals surface area contributed by atoms with E-state index in [0.29, 0.717) is 12.4 Å². The van der Waals surface area contributed by atoms with Gasteiger partial charge < -0.3 is 4.74 Å². The predicted molar refractivity (Wildman–Crippen MR) is 72.8 cm³/mol. The van der Waals surface area contributed by atoms with Crippen LogP contribution in [0.25, 0.3) is 0 Å². The summed E-state index contributed by atoms with van der Waals surface area (Å²) in [5.74, 6) is -3.25. The second-order valence-corrected chi connectivity index (χ2v) is 4.44. The Kier molecular flexibility index (Phi) is 4.02. The number of anilines is 1. The maximum absolute atomic E-state index is 12.2. The van der Waals surface area contributed by atoms with Gasteiger partial charge in [0.2, 0.25) is 5.91 Å². The molecular formula is C14H14N2O5. The van der Waals surface area contributed by atoms with Gasteiger partial charge in [-0.3, -0.25) is 19.7 Å². The fourth-order valence-electron chi connectivity index (χ4n) is 2.04. The lowest BCUT2D eigenvalue weighted by molar-refractivity contribution is -0.140. The van der Waals surface area contributed by atoms with Crippen LogP contribution >= 0.6 is 0 Å². The molecule has 0 unspecified atom stereocenters. The van der Waals surface area contributed by atoms with Crippen LogP contribution in [0.5, 0.6) is 5.75 Å². The van der Waals surface area contributed by atoms with Crippen LogP contribution < -0.4 is 15.0 Å². The molecule has 1 aliphatic rings. The lowest BCUT2D eigenvalue weighted by atomic mass is 10.00. The van der Waals surface area contributed by atoms with Crippen molar-refractivity contribution in [1.82, 2.24) is 5.32 Å². The Balaban J connectivity index is 2.32. The molecule has 0 radical (unpaired) electrons. The average molecular weight is 290 g/mol. The van der Waals surface area contributed by atoms with Gasteiger partial charge in [0, 0.05) is 0 Å². The van der Waals surface area contributed by atoms with Gasteiger partial charge in [0.05, 0.1) is 12.3 Å². The van der Waals surface area contributed by atoms with E-state index in [0.717, 1.165) is 11.8 Å². The van der Waals surface area contributed by atoms with Gasteiger partial charge in [0.25, 0.3) is 5.91 Å². The van der Waals surface area contributed by atoms with Crippen molar-refractivity contribution in [1.29, 1.82) is 0 Å². The average Bonchev–Trinajstić information content (AvgIpc) is 2.40. The van der Waals surface area contributed by atoms with E-state index >= 15 is 0 Å². The van der Waals surface area contributed by atoms with E-state index in [4.69, 9.17) is 4.74 Å². The Morgan fingerprint density at radius 1 is 1.24 bits per heavy atom. The smallest absolute Gasteiger partial charge is 0.335 e. The molecule has 0 bridgehead atoms. The van der Waals surface area contributed by atoms with Crippen molar-refractivity contribution >= 4 is 29.3 Å². The number of barbiturate groups is 1. The topological polar surface area (TPSA) is 92.8 Å². The molecule has 1 aromatic rings. The number of ketones is 1. The molecule has 1 saturated heterocycles. The number of imide groups is 2. The molecule has 2 rings (SSSR count). The van der Waals surface area contributed by atoms with Gasteiger partial charge >= 0.3 is 6.03 Å². The van der Waals surface area contributed by atoms with Gasteiger partial charge in [-0.25, -0.2) is 9.69 Å². The third kappa shape index (κ3) is 2.76. The van der Waals surface area contributed by atoms with E-state index < -0.39 is 29.5 Å². The Labute approximate surface area is 120 Å². The van der Waals surface area contributed by atoms with E-state index in [9.17, 15) is 19.2 Å². The minimum Gasteiger partial charge on any atom is -0.494 e. The summed E-state index contributed by atoms with van der Waals surface area (Å²) in [5.41, 5.74) is 0.264. The van der Waals surface area contributed by atoms with Crippen LogP contribution in [0.1, 0.15) is 13.8 Å². The number of hydrogen-bond donors (Lipinski definition) is 1. The first-order valence-electron chi connectivity index (χ1n) is 6.37. The van der Waals surface area contributed by atoms with Crippen molar-refractivity contribution in [2.45, 2.75) is 13.8 Å². The lowest BCUT2D eigenvalue weighted by Crippen LogP contribution is -2.59. The summed E-state index contributed by atoms with van der Waals surface area (Å²) in [6, 6.07) is 5.34. The second kappa shape index (κ2) is 5.74. The quantitative estimate of drug-likeness (QED) is 0.831. The number of nitrogens with one attached hydrogen (secondary N) is 1. The van der Waals surface area contributed by atoms with Gasteiger partial charge in [0.1, 0.15) is 5.75 Å². The number of nitrogens with zero attached hydrogens (tertiary/aromatic N) is 1. The van der Waals surface area contributed by atoms with Gasteiger partial charge in [-0.05, 0) is 38.1 Å². The van der Waals surface area contributed by atoms with Crippen LogP contribution in [-0.2, 0) is 14.4 Å². The molecule has 1 aliphatic heterocycles. The molecule has 7 heteroatoms. The highest BCUT2D eigenvalue weighted by molar-refractivity contribution is 6.34. The lowest BCUT2D eigenvalue weighted by Gasteiger charge is -2.28. The number of carbonyl (C=O) groups is 4. The molecule has 0 saturated carbocycles. The van der Waals surface area contributed by atoms with Gasteiger partial charge in [-0.2, -0.15) is 0 Å². The highest BCUT2D eigenvalue weighted by atomic mass is 16.5. The van der Waals surface area contributed by atoms with Crippen LogP contribution in [0.3, 0.4) is 0 Å². The minimum absolute atomic E-state index is 0.264. The predicted octanol–water partition coefficient (Wildman–Crippen LogP) is 0.873. The number of carbonyl (C=O) groups excluding carboxylic acids is 4. The molecule has 1 fully saturated rings. The summed E-state index contributed by atoms with van der Waals surface area (Å²) in [4.78, 5) is 47.8. The number of urea groups is 1. The molecule has 110 valence electrons. The molecule has 0 aliphatic carbocycles. The highest BCUT2D eigenvalue weighted by Gasteiger charge is 2.43. The molecule has 1 atom stereocenters. The minimum atomic E-state index is -1.49. The summed E-state index contributed by atoms with van der Waals surface area (Å²) in [5, 5.41) is 2.00. The third-order valence-corrected chi connectivity index (χ3v) is 2.98. The number of amides is 4. The number of hydrogen-bond acceptors (Lipinski definition) is 5. The van der Waals surface area contributed by atoms with Crippen LogP contribution in [0.15, 0.2) is 24.3 Å². The number of ether oxygens (including phenoxy) is 1. The summed E-state index contributed by atoms with van der Waals surface area (Å²) >= 11 is 0. The summed E-state index contributed by atoms with van der Waals surface area (Å²) in [7, 11) is 0. The summed E-state index contributed by atoms with van der Waals surface area (Å²) < 4.78 is 5.27. The van der Waals surface area contributed by atoms with Crippen LogP contribution in [-0.4, -0.2) is 30.2 Å². The number of rotatable bonds is 4. The van der Waals surface area contributed by atoms with Gasteiger partial charge in [-0.1, -0.05) is 0 Å². The Hall–Kier alpha value is -2.70. The Morgan fingerprint density at radius 3 is 2.38 bits per heavy atom. The van der Waals surface area contributed by atoms with E-state index in [-0.39, 0.29) is 5.69 Å². The third-order valence-electron chi connectivity index (χ3n) is 2.98. The van der Waals surface area contributed by atoms with E-state index in [1.165, 1.54) is 12.1 Å². The SMILES string of the molecule is CCOc1ccc(N2C(=O)NC(=O)[C@H](C(C)=O)C2=O)cc1. The van der Waals surface area contributed by atoms with E-state index in [1.807, 2.05) is 12.2 Å². The molecule has 0 spiro atoms. The Bertz CT molecular complexity index is 608. The molecule has 0 aromatic heterocycles. The zero-order chi connectivity index (χ0) is 15.6. The van der Waals surface area contributed by atoms with Gasteiger partial charge in [-0.15, -0.1) is 0 Å². The standard InChI is InChI=1S/C14H14N2O5/c1-3-21-10-6-4-9(5-7-10)16-13(19)11(8(2)17)12(18)15-14(16)20/h4-7,11H,3H2,1-2H3,(H,15,18,20)/t11-/m0/s1. The van der Waals surface area contributed by atoms with Crippen LogP contribution in [0.2, 0.25) is 0 Å². The maximum Gasteiger partial charge on any atom is 0.335 e. The molecular weight excluding hydrogens is 276 g/mol. The molecule has 1 heterocycles. The zero-order valence-corrected chi connectivity index (χ0v) is 11.6. The van der Waals surface area contributed by atoms with Crippen LogP contribution in [0.4, 0.5) is 10.5 Å². The van der Waals surface area contributed by atoms with Crippen molar-refractivity contribution in [3.63, 3.8) is 0 Å². The first-order chi connectivity index (χ1) is 9.95. The second-order valence-electron chi connectivity index (χ2n) is 4.44.